The Morgan fingerprint density at radius 1 is 1.00 bits per heavy atom. The molecule has 0 atom stereocenters. The summed E-state index contributed by atoms with van der Waals surface area (Å²) >= 11 is 5.88. The van der Waals surface area contributed by atoms with E-state index < -0.39 is 43.8 Å². The van der Waals surface area contributed by atoms with E-state index in [2.05, 4.69) is 0 Å². The highest BCUT2D eigenvalue weighted by molar-refractivity contribution is 7.91. The summed E-state index contributed by atoms with van der Waals surface area (Å²) in [5, 5.41) is 8.59. The van der Waals surface area contributed by atoms with Crippen LogP contribution in [0.15, 0.2) is 70.5 Å². The summed E-state index contributed by atoms with van der Waals surface area (Å²) in [6.45, 7) is -0.652. The normalized spacial score (nSPS) is 11.3. The van der Waals surface area contributed by atoms with Gasteiger partial charge in [0.1, 0.15) is 22.3 Å². The van der Waals surface area contributed by atoms with Crippen LogP contribution < -0.4 is 4.74 Å². The van der Waals surface area contributed by atoms with Crippen molar-refractivity contribution in [3.63, 3.8) is 0 Å². The first-order chi connectivity index (χ1) is 13.7. The molecule has 0 amide bonds. The number of para-hydroxylation sites is 1. The number of carboxylic acids is 1. The number of halogens is 3. The average molecular weight is 439 g/mol. The highest BCUT2D eigenvalue weighted by atomic mass is 35.5. The maximum Gasteiger partial charge on any atom is 0.341 e. The predicted molar refractivity (Wildman–Crippen MR) is 102 cm³/mol. The lowest BCUT2D eigenvalue weighted by Gasteiger charge is -2.13. The highest BCUT2D eigenvalue weighted by Gasteiger charge is 2.29. The van der Waals surface area contributed by atoms with Crippen molar-refractivity contribution in [2.24, 2.45) is 0 Å². The Bertz CT molecular complexity index is 1170. The fourth-order valence-electron chi connectivity index (χ4n) is 2.72. The van der Waals surface area contributed by atoms with Crippen LogP contribution in [0.25, 0.3) is 11.1 Å². The molecule has 3 aromatic rings. The van der Waals surface area contributed by atoms with Crippen LogP contribution in [0.5, 0.6) is 5.75 Å². The molecular formula is C20H13ClF2O5S. The summed E-state index contributed by atoms with van der Waals surface area (Å²) in [4.78, 5) is 9.18. The zero-order valence-electron chi connectivity index (χ0n) is 14.6. The largest absolute Gasteiger partial charge is 0.481 e. The number of ether oxygens (including phenoxy) is 1. The molecule has 0 unspecified atom stereocenters. The van der Waals surface area contributed by atoms with Crippen LogP contribution in [0, 0.1) is 11.6 Å². The van der Waals surface area contributed by atoms with Gasteiger partial charge >= 0.3 is 5.97 Å². The maximum atomic E-state index is 14.8. The average Bonchev–Trinajstić information content (AvgIpc) is 2.66. The molecule has 3 aromatic carbocycles. The number of carboxylic acid groups (broad SMARTS) is 1. The van der Waals surface area contributed by atoms with Crippen LogP contribution in [0.1, 0.15) is 0 Å². The minimum absolute atomic E-state index is 0.0147. The lowest BCUT2D eigenvalue weighted by molar-refractivity contribution is -0.139. The minimum atomic E-state index is -4.55. The molecule has 5 nitrogen and oxygen atoms in total. The van der Waals surface area contributed by atoms with Gasteiger partial charge in [0.15, 0.2) is 6.61 Å². The summed E-state index contributed by atoms with van der Waals surface area (Å²) < 4.78 is 60.1. The smallest absolute Gasteiger partial charge is 0.341 e. The van der Waals surface area contributed by atoms with Gasteiger partial charge in [0, 0.05) is 5.56 Å². The summed E-state index contributed by atoms with van der Waals surface area (Å²) in [5.74, 6) is -3.77. The molecule has 0 fully saturated rings. The second-order valence-electron chi connectivity index (χ2n) is 5.88. The molecule has 0 heterocycles. The summed E-state index contributed by atoms with van der Waals surface area (Å²) in [5.41, 5.74) is 0.187. The molecule has 1 N–H and O–H groups in total. The van der Waals surface area contributed by atoms with Crippen molar-refractivity contribution in [3.05, 3.63) is 77.3 Å². The van der Waals surface area contributed by atoms with Gasteiger partial charge in [-0.3, -0.25) is 0 Å². The van der Waals surface area contributed by atoms with Crippen molar-refractivity contribution in [1.29, 1.82) is 0 Å². The van der Waals surface area contributed by atoms with Crippen LogP contribution in [0.3, 0.4) is 0 Å². The Hall–Kier alpha value is -2.97. The molecule has 0 spiro atoms. The molecule has 150 valence electrons. The number of carbonyl (C=O) groups is 1. The zero-order chi connectivity index (χ0) is 21.2. The first-order valence-electron chi connectivity index (χ1n) is 8.14. The van der Waals surface area contributed by atoms with Gasteiger partial charge in [0.05, 0.1) is 9.92 Å². The number of benzene rings is 3. The molecule has 0 aromatic heterocycles. The molecule has 3 rings (SSSR count). The first kappa shape index (κ1) is 20.8. The molecule has 0 bridgehead atoms. The van der Waals surface area contributed by atoms with Gasteiger partial charge < -0.3 is 9.84 Å². The Morgan fingerprint density at radius 3 is 2.21 bits per heavy atom. The van der Waals surface area contributed by atoms with Crippen LogP contribution in [-0.4, -0.2) is 26.1 Å². The van der Waals surface area contributed by atoms with Gasteiger partial charge in [0.25, 0.3) is 0 Å². The Labute approximate surface area is 170 Å². The van der Waals surface area contributed by atoms with Crippen molar-refractivity contribution in [1.82, 2.24) is 0 Å². The lowest BCUT2D eigenvalue weighted by Crippen LogP contribution is -2.10. The van der Waals surface area contributed by atoms with E-state index in [-0.39, 0.29) is 21.9 Å². The topological polar surface area (TPSA) is 80.7 Å². The molecule has 0 saturated heterocycles. The van der Waals surface area contributed by atoms with Gasteiger partial charge in [-0.2, -0.15) is 0 Å². The third-order valence-corrected chi connectivity index (χ3v) is 6.25. The van der Waals surface area contributed by atoms with Crippen molar-refractivity contribution in [2.45, 2.75) is 9.79 Å². The van der Waals surface area contributed by atoms with Crippen LogP contribution in [0.2, 0.25) is 5.02 Å². The van der Waals surface area contributed by atoms with Crippen LogP contribution >= 0.6 is 11.6 Å². The number of hydrogen-bond donors (Lipinski definition) is 1. The third kappa shape index (κ3) is 4.23. The van der Waals surface area contributed by atoms with Gasteiger partial charge in [0.2, 0.25) is 9.84 Å². The quantitative estimate of drug-likeness (QED) is 0.609. The minimum Gasteiger partial charge on any atom is -0.481 e. The Kier molecular flexibility index (Phi) is 5.86. The molecule has 0 aliphatic heterocycles. The van der Waals surface area contributed by atoms with Crippen molar-refractivity contribution >= 4 is 27.4 Å². The van der Waals surface area contributed by atoms with Gasteiger partial charge in [-0.15, -0.1) is 0 Å². The fraction of sp³-hybridized carbons (Fsp3) is 0.0500. The Morgan fingerprint density at radius 2 is 1.59 bits per heavy atom. The molecule has 0 aliphatic rings. The number of rotatable bonds is 6. The van der Waals surface area contributed by atoms with E-state index in [9.17, 15) is 22.0 Å². The summed E-state index contributed by atoms with van der Waals surface area (Å²) in [7, 11) is -4.55. The van der Waals surface area contributed by atoms with E-state index in [0.717, 1.165) is 18.2 Å². The number of sulfone groups is 1. The Balaban J connectivity index is 2.11. The highest BCUT2D eigenvalue weighted by Crippen LogP contribution is 2.36. The van der Waals surface area contributed by atoms with Gasteiger partial charge in [-0.05, 0) is 35.9 Å². The second-order valence-corrected chi connectivity index (χ2v) is 8.14. The molecular weight excluding hydrogens is 426 g/mol. The van der Waals surface area contributed by atoms with E-state index in [4.69, 9.17) is 21.4 Å². The predicted octanol–water partition coefficient (Wildman–Crippen LogP) is 4.58. The van der Waals surface area contributed by atoms with E-state index in [1.165, 1.54) is 30.3 Å². The number of aliphatic carboxylic acids is 1. The molecule has 0 aliphatic carbocycles. The maximum absolute atomic E-state index is 14.8. The standard InChI is InChI=1S/C20H13ClF2O5S/c21-14-6-2-4-8-18(14)29(26,27)20-15(22)9-12(10-16(20)23)13-5-1-3-7-17(13)28-11-19(24)25/h1-10H,11H2,(H,24,25). The zero-order valence-corrected chi connectivity index (χ0v) is 16.2. The molecule has 0 radical (unpaired) electrons. The SMILES string of the molecule is O=C(O)COc1ccccc1-c1cc(F)c(S(=O)(=O)c2ccccc2Cl)c(F)c1. The van der Waals surface area contributed by atoms with Crippen molar-refractivity contribution in [3.8, 4) is 16.9 Å². The molecule has 29 heavy (non-hydrogen) atoms. The van der Waals surface area contributed by atoms with Gasteiger partial charge in [-0.1, -0.05) is 41.9 Å². The van der Waals surface area contributed by atoms with E-state index in [0.29, 0.717) is 0 Å². The van der Waals surface area contributed by atoms with E-state index in [1.54, 1.807) is 12.1 Å². The molecule has 9 heteroatoms. The first-order valence-corrected chi connectivity index (χ1v) is 10.0. The third-order valence-electron chi connectivity index (χ3n) is 3.94. The second kappa shape index (κ2) is 8.18. The van der Waals surface area contributed by atoms with Crippen LogP contribution in [0.4, 0.5) is 8.78 Å². The monoisotopic (exact) mass is 438 g/mol. The van der Waals surface area contributed by atoms with Crippen molar-refractivity contribution < 1.29 is 31.8 Å². The van der Waals surface area contributed by atoms with Crippen LogP contribution in [-0.2, 0) is 14.6 Å². The molecule has 0 saturated carbocycles. The van der Waals surface area contributed by atoms with Gasteiger partial charge in [-0.25, -0.2) is 22.0 Å². The van der Waals surface area contributed by atoms with E-state index >= 15 is 0 Å². The summed E-state index contributed by atoms with van der Waals surface area (Å²) in [6, 6.07) is 13.0. The lowest BCUT2D eigenvalue weighted by atomic mass is 10.0. The summed E-state index contributed by atoms with van der Waals surface area (Å²) in [6.07, 6.45) is 0. The fourth-order valence-corrected chi connectivity index (χ4v) is 4.59. The van der Waals surface area contributed by atoms with Crippen molar-refractivity contribution in [2.75, 3.05) is 6.61 Å². The number of hydrogen-bond acceptors (Lipinski definition) is 4. The van der Waals surface area contributed by atoms with E-state index in [1.807, 2.05) is 0 Å².